The van der Waals surface area contributed by atoms with Crippen LogP contribution in [0, 0.1) is 0 Å². The van der Waals surface area contributed by atoms with Crippen LogP contribution in [0.1, 0.15) is 18.4 Å². The number of carbonyl (C=O) groups is 1. The number of nitrogens with one attached hydrogen (secondary N) is 1. The Balaban J connectivity index is 1.98. The summed E-state index contributed by atoms with van der Waals surface area (Å²) in [5, 5.41) is 2.81. The highest BCUT2D eigenvalue weighted by Crippen LogP contribution is 2.19. The van der Waals surface area contributed by atoms with Gasteiger partial charge in [-0.15, -0.1) is 0 Å². The van der Waals surface area contributed by atoms with Gasteiger partial charge in [-0.25, -0.2) is 8.42 Å². The van der Waals surface area contributed by atoms with E-state index >= 15 is 0 Å². The van der Waals surface area contributed by atoms with Crippen LogP contribution >= 0.6 is 0 Å². The number of hydrogen-bond donors (Lipinski definition) is 1. The van der Waals surface area contributed by atoms with Crippen LogP contribution in [0.4, 0.5) is 0 Å². The number of rotatable bonds is 8. The smallest absolute Gasteiger partial charge is 0.235 e. The number of sulfonamides is 1. The fourth-order valence-corrected chi connectivity index (χ4v) is 2.95. The molecule has 1 N–H and O–H groups in total. The number of amides is 1. The SMILES string of the molecule is COc1ccccc1CCN(CC(=O)NC1CC1)S(C)(=O)=O. The van der Waals surface area contributed by atoms with Crippen LogP contribution in [0.5, 0.6) is 5.75 Å². The predicted octanol–water partition coefficient (Wildman–Crippen LogP) is 0.778. The Morgan fingerprint density at radius 3 is 2.64 bits per heavy atom. The minimum absolute atomic E-state index is 0.134. The average molecular weight is 326 g/mol. The highest BCUT2D eigenvalue weighted by atomic mass is 32.2. The summed E-state index contributed by atoms with van der Waals surface area (Å²) in [6.07, 6.45) is 3.57. The van der Waals surface area contributed by atoms with Crippen LogP contribution in [-0.4, -0.2) is 51.1 Å². The van der Waals surface area contributed by atoms with Gasteiger partial charge >= 0.3 is 0 Å². The summed E-state index contributed by atoms with van der Waals surface area (Å²) in [6.45, 7) is 0.113. The molecule has 1 fully saturated rings. The number of nitrogens with zero attached hydrogens (tertiary/aromatic N) is 1. The van der Waals surface area contributed by atoms with Crippen LogP contribution in [-0.2, 0) is 21.2 Å². The quantitative estimate of drug-likeness (QED) is 0.766. The van der Waals surface area contributed by atoms with Gasteiger partial charge in [-0.3, -0.25) is 4.79 Å². The number of para-hydroxylation sites is 1. The zero-order valence-corrected chi connectivity index (χ0v) is 13.7. The minimum Gasteiger partial charge on any atom is -0.496 e. The number of methoxy groups -OCH3 is 1. The average Bonchev–Trinajstić information content (AvgIpc) is 3.26. The maximum atomic E-state index is 11.9. The summed E-state index contributed by atoms with van der Waals surface area (Å²) in [6, 6.07) is 7.69. The first-order valence-corrected chi connectivity index (χ1v) is 9.11. The molecule has 1 amide bonds. The third-order valence-corrected chi connectivity index (χ3v) is 4.80. The van der Waals surface area contributed by atoms with Crippen molar-refractivity contribution < 1.29 is 17.9 Å². The molecule has 7 heteroatoms. The van der Waals surface area contributed by atoms with Gasteiger partial charge in [-0.05, 0) is 30.9 Å². The van der Waals surface area contributed by atoms with E-state index in [4.69, 9.17) is 4.74 Å². The van der Waals surface area contributed by atoms with Crippen molar-refractivity contribution in [2.75, 3.05) is 26.5 Å². The lowest BCUT2D eigenvalue weighted by Crippen LogP contribution is -2.41. The van der Waals surface area contributed by atoms with Crippen molar-refractivity contribution >= 4 is 15.9 Å². The minimum atomic E-state index is -3.43. The molecule has 0 atom stereocenters. The molecule has 1 aliphatic carbocycles. The molecule has 122 valence electrons. The van der Waals surface area contributed by atoms with Crippen LogP contribution in [0.25, 0.3) is 0 Å². The van der Waals surface area contributed by atoms with Crippen molar-refractivity contribution in [3.63, 3.8) is 0 Å². The lowest BCUT2D eigenvalue weighted by molar-refractivity contribution is -0.121. The van der Waals surface area contributed by atoms with Crippen molar-refractivity contribution in [3.8, 4) is 5.75 Å². The van der Waals surface area contributed by atoms with Crippen molar-refractivity contribution in [1.29, 1.82) is 0 Å². The van der Waals surface area contributed by atoms with Crippen molar-refractivity contribution in [2.24, 2.45) is 0 Å². The third-order valence-electron chi connectivity index (χ3n) is 3.55. The van der Waals surface area contributed by atoms with E-state index in [-0.39, 0.29) is 25.0 Å². The summed E-state index contributed by atoms with van der Waals surface area (Å²) in [4.78, 5) is 11.8. The van der Waals surface area contributed by atoms with Gasteiger partial charge < -0.3 is 10.1 Å². The molecule has 0 aliphatic heterocycles. The number of ether oxygens (including phenoxy) is 1. The van der Waals surface area contributed by atoms with E-state index in [1.165, 1.54) is 4.31 Å². The molecule has 0 saturated heterocycles. The fourth-order valence-electron chi connectivity index (χ4n) is 2.18. The van der Waals surface area contributed by atoms with Crippen molar-refractivity contribution in [2.45, 2.75) is 25.3 Å². The molecule has 0 aromatic heterocycles. The summed E-state index contributed by atoms with van der Waals surface area (Å²) < 4.78 is 30.2. The Bertz CT molecular complexity index is 626. The monoisotopic (exact) mass is 326 g/mol. The topological polar surface area (TPSA) is 75.7 Å². The third kappa shape index (κ3) is 4.99. The van der Waals surface area contributed by atoms with Crippen LogP contribution in [0.2, 0.25) is 0 Å². The zero-order chi connectivity index (χ0) is 16.2. The van der Waals surface area contributed by atoms with Gasteiger partial charge in [-0.2, -0.15) is 4.31 Å². The molecule has 1 aliphatic rings. The first-order chi connectivity index (χ1) is 10.4. The maximum Gasteiger partial charge on any atom is 0.235 e. The maximum absolute atomic E-state index is 11.9. The highest BCUT2D eigenvalue weighted by molar-refractivity contribution is 7.88. The summed E-state index contributed by atoms with van der Waals surface area (Å²) in [5.74, 6) is 0.478. The van der Waals surface area contributed by atoms with Crippen LogP contribution in [0.3, 0.4) is 0 Å². The fraction of sp³-hybridized carbons (Fsp3) is 0.533. The molecule has 22 heavy (non-hydrogen) atoms. The summed E-state index contributed by atoms with van der Waals surface area (Å²) in [5.41, 5.74) is 0.918. The van der Waals surface area contributed by atoms with Gasteiger partial charge in [0.25, 0.3) is 0 Å². The van der Waals surface area contributed by atoms with Gasteiger partial charge in [-0.1, -0.05) is 18.2 Å². The molecular formula is C15H22N2O4S. The number of carbonyl (C=O) groups excluding carboxylic acids is 1. The Kier molecular flexibility index (Phi) is 5.42. The van der Waals surface area contributed by atoms with Gasteiger partial charge in [0, 0.05) is 12.6 Å². The molecule has 1 saturated carbocycles. The molecule has 0 heterocycles. The lowest BCUT2D eigenvalue weighted by Gasteiger charge is -2.20. The van der Waals surface area contributed by atoms with Crippen molar-refractivity contribution in [1.82, 2.24) is 9.62 Å². The number of hydrogen-bond acceptors (Lipinski definition) is 4. The van der Waals surface area contributed by atoms with Crippen LogP contribution in [0.15, 0.2) is 24.3 Å². The molecule has 0 bridgehead atoms. The van der Waals surface area contributed by atoms with Gasteiger partial charge in [0.2, 0.25) is 15.9 Å². The van der Waals surface area contributed by atoms with Gasteiger partial charge in [0.05, 0.1) is 19.9 Å². The normalized spacial score (nSPS) is 14.9. The summed E-state index contributed by atoms with van der Waals surface area (Å²) >= 11 is 0. The largest absolute Gasteiger partial charge is 0.496 e. The second kappa shape index (κ2) is 7.11. The standard InChI is InChI=1S/C15H22N2O4S/c1-21-14-6-4-3-5-12(14)9-10-17(22(2,19)20)11-15(18)16-13-7-8-13/h3-6,13H,7-11H2,1-2H3,(H,16,18). The van der Waals surface area contributed by atoms with E-state index in [1.807, 2.05) is 24.3 Å². The van der Waals surface area contributed by atoms with Crippen LogP contribution < -0.4 is 10.1 Å². The second-order valence-electron chi connectivity index (χ2n) is 5.50. The predicted molar refractivity (Wildman–Crippen MR) is 84.3 cm³/mol. The Hall–Kier alpha value is -1.60. The molecule has 1 aromatic carbocycles. The van der Waals surface area contributed by atoms with Gasteiger partial charge in [0.1, 0.15) is 5.75 Å². The highest BCUT2D eigenvalue weighted by Gasteiger charge is 2.26. The first-order valence-electron chi connectivity index (χ1n) is 7.26. The molecule has 0 spiro atoms. The first kappa shape index (κ1) is 16.8. The van der Waals surface area contributed by atoms with E-state index in [9.17, 15) is 13.2 Å². The van der Waals surface area contributed by atoms with E-state index < -0.39 is 10.0 Å². The van der Waals surface area contributed by atoms with E-state index in [2.05, 4.69) is 5.32 Å². The molecule has 1 aromatic rings. The Labute approximate surface area is 131 Å². The molecule has 0 radical (unpaired) electrons. The van der Waals surface area contributed by atoms with E-state index in [1.54, 1.807) is 7.11 Å². The Morgan fingerprint density at radius 2 is 2.05 bits per heavy atom. The molecule has 0 unspecified atom stereocenters. The Morgan fingerprint density at radius 1 is 1.36 bits per heavy atom. The number of benzene rings is 1. The van der Waals surface area contributed by atoms with E-state index in [0.29, 0.717) is 6.42 Å². The van der Waals surface area contributed by atoms with Crippen molar-refractivity contribution in [3.05, 3.63) is 29.8 Å². The zero-order valence-electron chi connectivity index (χ0n) is 12.9. The molecule has 2 rings (SSSR count). The lowest BCUT2D eigenvalue weighted by atomic mass is 10.1. The molecular weight excluding hydrogens is 304 g/mol. The van der Waals surface area contributed by atoms with E-state index in [0.717, 1.165) is 30.4 Å². The molecule has 6 nitrogen and oxygen atoms in total. The summed E-state index contributed by atoms with van der Waals surface area (Å²) in [7, 11) is -1.85. The van der Waals surface area contributed by atoms with Gasteiger partial charge in [0.15, 0.2) is 0 Å². The second-order valence-corrected chi connectivity index (χ2v) is 7.48.